The third-order valence-corrected chi connectivity index (χ3v) is 3.42. The van der Waals surface area contributed by atoms with Crippen LogP contribution in [0.3, 0.4) is 0 Å². The molecule has 0 radical (unpaired) electrons. The van der Waals surface area contributed by atoms with Crippen molar-refractivity contribution in [2.45, 2.75) is 26.7 Å². The molecular formula is C14H22N2. The average molecular weight is 218 g/mol. The maximum Gasteiger partial charge on any atom is 0.0369 e. The van der Waals surface area contributed by atoms with E-state index in [0.29, 0.717) is 0 Å². The average Bonchev–Trinajstić information content (AvgIpc) is 2.22. The third kappa shape index (κ3) is 2.76. The van der Waals surface area contributed by atoms with Crippen LogP contribution in [-0.4, -0.2) is 26.2 Å². The summed E-state index contributed by atoms with van der Waals surface area (Å²) in [5.41, 5.74) is 4.18. The topological polar surface area (TPSA) is 15.3 Å². The van der Waals surface area contributed by atoms with Crippen molar-refractivity contribution in [1.82, 2.24) is 5.32 Å². The second-order valence-electron chi connectivity index (χ2n) is 4.71. The molecule has 0 saturated carbocycles. The van der Waals surface area contributed by atoms with Crippen LogP contribution in [-0.2, 0) is 0 Å². The Morgan fingerprint density at radius 2 is 1.69 bits per heavy atom. The quantitative estimate of drug-likeness (QED) is 0.779. The molecule has 16 heavy (non-hydrogen) atoms. The number of nitrogens with zero attached hydrogens (tertiary/aromatic N) is 1. The number of rotatable bonds is 1. The highest BCUT2D eigenvalue weighted by Gasteiger charge is 2.08. The van der Waals surface area contributed by atoms with Gasteiger partial charge >= 0.3 is 0 Å². The lowest BCUT2D eigenvalue weighted by Gasteiger charge is -2.27. The van der Waals surface area contributed by atoms with Gasteiger partial charge in [-0.2, -0.15) is 0 Å². The molecule has 0 aliphatic carbocycles. The molecule has 1 saturated heterocycles. The van der Waals surface area contributed by atoms with Gasteiger partial charge in [0, 0.05) is 18.8 Å². The molecule has 1 aliphatic rings. The maximum absolute atomic E-state index is 3.45. The van der Waals surface area contributed by atoms with Gasteiger partial charge in [-0.1, -0.05) is 6.07 Å². The van der Waals surface area contributed by atoms with E-state index in [0.717, 1.165) is 13.1 Å². The van der Waals surface area contributed by atoms with Gasteiger partial charge in [-0.15, -0.1) is 0 Å². The van der Waals surface area contributed by atoms with E-state index in [4.69, 9.17) is 0 Å². The number of aryl methyl sites for hydroxylation is 2. The molecule has 2 heteroatoms. The zero-order chi connectivity index (χ0) is 11.4. The molecule has 0 bridgehead atoms. The summed E-state index contributed by atoms with van der Waals surface area (Å²) in [5, 5.41) is 3.45. The highest BCUT2D eigenvalue weighted by atomic mass is 15.1. The van der Waals surface area contributed by atoms with Gasteiger partial charge in [0.1, 0.15) is 0 Å². The number of nitrogens with one attached hydrogen (secondary N) is 1. The Hall–Kier alpha value is -1.02. The molecule has 1 N–H and O–H groups in total. The first-order valence-corrected chi connectivity index (χ1v) is 6.30. The van der Waals surface area contributed by atoms with Gasteiger partial charge in [-0.25, -0.2) is 0 Å². The zero-order valence-electron chi connectivity index (χ0n) is 10.4. The lowest BCUT2D eigenvalue weighted by Crippen LogP contribution is -2.33. The lowest BCUT2D eigenvalue weighted by atomic mass is 10.1. The Balaban J connectivity index is 2.11. The van der Waals surface area contributed by atoms with Crippen molar-refractivity contribution in [1.29, 1.82) is 0 Å². The van der Waals surface area contributed by atoms with E-state index in [1.54, 1.807) is 0 Å². The van der Waals surface area contributed by atoms with E-state index in [9.17, 15) is 0 Å². The Morgan fingerprint density at radius 3 is 2.31 bits per heavy atom. The summed E-state index contributed by atoms with van der Waals surface area (Å²) in [6.45, 7) is 9.04. The van der Waals surface area contributed by atoms with E-state index in [1.807, 2.05) is 0 Å². The first-order chi connectivity index (χ1) is 7.77. The van der Waals surface area contributed by atoms with Crippen LogP contribution < -0.4 is 10.2 Å². The monoisotopic (exact) mass is 218 g/mol. The van der Waals surface area contributed by atoms with E-state index < -0.39 is 0 Å². The van der Waals surface area contributed by atoms with Crippen molar-refractivity contribution in [3.63, 3.8) is 0 Å². The van der Waals surface area contributed by atoms with Crippen molar-refractivity contribution >= 4 is 5.69 Å². The van der Waals surface area contributed by atoms with Crippen molar-refractivity contribution in [3.05, 3.63) is 29.3 Å². The molecule has 2 rings (SSSR count). The van der Waals surface area contributed by atoms with E-state index in [2.05, 4.69) is 42.3 Å². The lowest BCUT2D eigenvalue weighted by molar-refractivity contribution is 0.567. The van der Waals surface area contributed by atoms with Gasteiger partial charge in [-0.3, -0.25) is 0 Å². The summed E-state index contributed by atoms with van der Waals surface area (Å²) in [6, 6.07) is 6.82. The van der Waals surface area contributed by atoms with Crippen LogP contribution in [0, 0.1) is 13.8 Å². The first-order valence-electron chi connectivity index (χ1n) is 6.30. The van der Waals surface area contributed by atoms with Gasteiger partial charge in [0.05, 0.1) is 0 Å². The molecular weight excluding hydrogens is 196 g/mol. The minimum Gasteiger partial charge on any atom is -0.371 e. The predicted octanol–water partition coefficient (Wildman–Crippen LogP) is 2.49. The van der Waals surface area contributed by atoms with Crippen molar-refractivity contribution in [2.24, 2.45) is 0 Å². The molecule has 1 aromatic rings. The van der Waals surface area contributed by atoms with Crippen LogP contribution in [0.15, 0.2) is 18.2 Å². The van der Waals surface area contributed by atoms with Crippen LogP contribution in [0.1, 0.15) is 24.0 Å². The van der Waals surface area contributed by atoms with Crippen LogP contribution in [0.5, 0.6) is 0 Å². The second kappa shape index (κ2) is 5.35. The molecule has 0 amide bonds. The fourth-order valence-electron chi connectivity index (χ4n) is 2.21. The smallest absolute Gasteiger partial charge is 0.0369 e. The molecule has 0 aromatic heterocycles. The third-order valence-electron chi connectivity index (χ3n) is 3.42. The summed E-state index contributed by atoms with van der Waals surface area (Å²) in [7, 11) is 0. The molecule has 1 heterocycles. The van der Waals surface area contributed by atoms with Crippen LogP contribution >= 0.6 is 0 Å². The number of benzene rings is 1. The number of anilines is 1. The highest BCUT2D eigenvalue weighted by Crippen LogP contribution is 2.19. The minimum absolute atomic E-state index is 1.15. The van der Waals surface area contributed by atoms with Crippen LogP contribution in [0.25, 0.3) is 0 Å². The van der Waals surface area contributed by atoms with E-state index >= 15 is 0 Å². The van der Waals surface area contributed by atoms with Gasteiger partial charge in [0.2, 0.25) is 0 Å². The molecule has 0 atom stereocenters. The van der Waals surface area contributed by atoms with Gasteiger partial charge in [0.25, 0.3) is 0 Å². The summed E-state index contributed by atoms with van der Waals surface area (Å²) < 4.78 is 0. The molecule has 0 spiro atoms. The summed E-state index contributed by atoms with van der Waals surface area (Å²) >= 11 is 0. The Morgan fingerprint density at radius 1 is 1.00 bits per heavy atom. The molecule has 0 unspecified atom stereocenters. The van der Waals surface area contributed by atoms with E-state index in [1.165, 1.54) is 42.7 Å². The zero-order valence-corrected chi connectivity index (χ0v) is 10.4. The predicted molar refractivity (Wildman–Crippen MR) is 70.2 cm³/mol. The standard InChI is InChI=1S/C14H22N2/c1-12-5-6-14(11-13(12)2)16-9-3-7-15-8-4-10-16/h5-6,11,15H,3-4,7-10H2,1-2H3. The highest BCUT2D eigenvalue weighted by molar-refractivity contribution is 5.50. The molecule has 88 valence electrons. The SMILES string of the molecule is Cc1ccc(N2CCCNCCC2)cc1C. The molecule has 2 nitrogen and oxygen atoms in total. The first kappa shape index (κ1) is 11.5. The largest absolute Gasteiger partial charge is 0.371 e. The number of hydrogen-bond acceptors (Lipinski definition) is 2. The Bertz CT molecular complexity index is 339. The minimum atomic E-state index is 1.15. The summed E-state index contributed by atoms with van der Waals surface area (Å²) in [5.74, 6) is 0. The second-order valence-corrected chi connectivity index (χ2v) is 4.71. The van der Waals surface area contributed by atoms with Crippen LogP contribution in [0.4, 0.5) is 5.69 Å². The van der Waals surface area contributed by atoms with Crippen molar-refractivity contribution < 1.29 is 0 Å². The van der Waals surface area contributed by atoms with Gasteiger partial charge < -0.3 is 10.2 Å². The van der Waals surface area contributed by atoms with Gasteiger partial charge in [-0.05, 0) is 63.0 Å². The normalized spacial score (nSPS) is 18.0. The fraction of sp³-hybridized carbons (Fsp3) is 0.571. The molecule has 1 fully saturated rings. The Labute approximate surface area is 98.7 Å². The maximum atomic E-state index is 3.45. The van der Waals surface area contributed by atoms with Crippen LogP contribution in [0.2, 0.25) is 0 Å². The van der Waals surface area contributed by atoms with Gasteiger partial charge in [0.15, 0.2) is 0 Å². The van der Waals surface area contributed by atoms with Crippen molar-refractivity contribution in [2.75, 3.05) is 31.1 Å². The fourth-order valence-corrected chi connectivity index (χ4v) is 2.21. The summed E-state index contributed by atoms with van der Waals surface area (Å²) in [4.78, 5) is 2.52. The molecule has 1 aliphatic heterocycles. The Kier molecular flexibility index (Phi) is 3.83. The van der Waals surface area contributed by atoms with Crippen molar-refractivity contribution in [3.8, 4) is 0 Å². The summed E-state index contributed by atoms with van der Waals surface area (Å²) in [6.07, 6.45) is 2.49. The van der Waals surface area contributed by atoms with E-state index in [-0.39, 0.29) is 0 Å². The number of hydrogen-bond donors (Lipinski definition) is 1. The molecule has 1 aromatic carbocycles.